The van der Waals surface area contributed by atoms with E-state index in [0.717, 1.165) is 0 Å². The number of rotatable bonds is 3. The molecule has 0 bridgehead atoms. The number of carbonyl (C=O) groups excluding carboxylic acids is 1. The monoisotopic (exact) mass is 194 g/mol. The van der Waals surface area contributed by atoms with Crippen LogP contribution in [-0.2, 0) is 14.3 Å². The van der Waals surface area contributed by atoms with E-state index in [9.17, 15) is 13.6 Å². The molecule has 0 N–H and O–H groups in total. The van der Waals surface area contributed by atoms with Crippen LogP contribution >= 0.6 is 0 Å². The van der Waals surface area contributed by atoms with Crippen LogP contribution in [0, 0.1) is 5.92 Å². The van der Waals surface area contributed by atoms with Gasteiger partial charge < -0.3 is 9.47 Å². The molecule has 0 spiro atoms. The maximum atomic E-state index is 12.3. The van der Waals surface area contributed by atoms with Gasteiger partial charge in [-0.3, -0.25) is 4.79 Å². The fourth-order valence-electron chi connectivity index (χ4n) is 1.36. The van der Waals surface area contributed by atoms with Crippen LogP contribution in [0.5, 0.6) is 0 Å². The van der Waals surface area contributed by atoms with Crippen molar-refractivity contribution in [1.82, 2.24) is 0 Å². The van der Waals surface area contributed by atoms with E-state index < -0.39 is 24.4 Å². The van der Waals surface area contributed by atoms with Crippen LogP contribution in [0.1, 0.15) is 13.3 Å². The molecule has 3 nitrogen and oxygen atoms in total. The lowest BCUT2D eigenvalue weighted by Crippen LogP contribution is -2.31. The van der Waals surface area contributed by atoms with Crippen LogP contribution in [0.4, 0.5) is 8.78 Å². The van der Waals surface area contributed by atoms with Gasteiger partial charge in [-0.05, 0) is 13.3 Å². The second-order valence-corrected chi connectivity index (χ2v) is 2.82. The van der Waals surface area contributed by atoms with Gasteiger partial charge >= 0.3 is 5.97 Å². The highest BCUT2D eigenvalue weighted by Gasteiger charge is 2.40. The van der Waals surface area contributed by atoms with Gasteiger partial charge in [-0.25, -0.2) is 8.78 Å². The molecule has 1 rings (SSSR count). The summed E-state index contributed by atoms with van der Waals surface area (Å²) in [5, 5.41) is 0. The van der Waals surface area contributed by atoms with Crippen LogP contribution in [-0.4, -0.2) is 31.7 Å². The summed E-state index contributed by atoms with van der Waals surface area (Å²) in [6.07, 6.45) is -3.57. The van der Waals surface area contributed by atoms with Gasteiger partial charge in [-0.2, -0.15) is 0 Å². The third-order valence-corrected chi connectivity index (χ3v) is 1.97. The van der Waals surface area contributed by atoms with Crippen molar-refractivity contribution in [1.29, 1.82) is 0 Å². The number of carbonyl (C=O) groups is 1. The number of hydrogen-bond donors (Lipinski definition) is 0. The van der Waals surface area contributed by atoms with Gasteiger partial charge in [0.25, 0.3) is 6.43 Å². The second kappa shape index (κ2) is 4.50. The van der Waals surface area contributed by atoms with E-state index in [1.54, 1.807) is 6.92 Å². The summed E-state index contributed by atoms with van der Waals surface area (Å²) in [5.74, 6) is -1.37. The number of esters is 1. The molecule has 0 aromatic heterocycles. The van der Waals surface area contributed by atoms with E-state index >= 15 is 0 Å². The Labute approximate surface area is 75.0 Å². The Balaban J connectivity index is 2.52. The maximum absolute atomic E-state index is 12.3. The molecule has 13 heavy (non-hydrogen) atoms. The Hall–Kier alpha value is -0.710. The highest BCUT2D eigenvalue weighted by molar-refractivity contribution is 5.73. The standard InChI is InChI=1S/C8H12F2O3/c1-2-12-8(11)5-3-4-13-6(5)7(9)10/h5-7H,2-4H2,1H3/t5-,6-/m0/s1. The lowest BCUT2D eigenvalue weighted by Gasteiger charge is -2.15. The number of hydrogen-bond acceptors (Lipinski definition) is 3. The number of alkyl halides is 2. The van der Waals surface area contributed by atoms with Crippen molar-refractivity contribution in [3.63, 3.8) is 0 Å². The quantitative estimate of drug-likeness (QED) is 0.633. The summed E-state index contributed by atoms with van der Waals surface area (Å²) in [7, 11) is 0. The Morgan fingerprint density at radius 2 is 2.38 bits per heavy atom. The Kier molecular flexibility index (Phi) is 3.59. The first-order chi connectivity index (χ1) is 6.16. The van der Waals surface area contributed by atoms with E-state index in [-0.39, 0.29) is 13.2 Å². The van der Waals surface area contributed by atoms with Gasteiger partial charge in [0.2, 0.25) is 0 Å². The van der Waals surface area contributed by atoms with E-state index in [2.05, 4.69) is 4.74 Å². The molecule has 0 aromatic rings. The molecule has 0 aromatic carbocycles. The zero-order valence-electron chi connectivity index (χ0n) is 7.33. The molecule has 1 aliphatic rings. The van der Waals surface area contributed by atoms with Crippen LogP contribution in [0.3, 0.4) is 0 Å². The molecule has 0 amide bonds. The summed E-state index contributed by atoms with van der Waals surface area (Å²) >= 11 is 0. The van der Waals surface area contributed by atoms with Crippen LogP contribution in [0.25, 0.3) is 0 Å². The summed E-state index contributed by atoms with van der Waals surface area (Å²) in [6.45, 7) is 2.06. The highest BCUT2D eigenvalue weighted by Crippen LogP contribution is 2.26. The second-order valence-electron chi connectivity index (χ2n) is 2.82. The fourth-order valence-corrected chi connectivity index (χ4v) is 1.36. The molecule has 1 aliphatic heterocycles. The van der Waals surface area contributed by atoms with Crippen molar-refractivity contribution >= 4 is 5.97 Å². The third-order valence-electron chi connectivity index (χ3n) is 1.97. The Morgan fingerprint density at radius 1 is 1.69 bits per heavy atom. The van der Waals surface area contributed by atoms with Crippen molar-refractivity contribution < 1.29 is 23.0 Å². The molecule has 0 saturated carbocycles. The summed E-state index contributed by atoms with van der Waals surface area (Å²) in [5.41, 5.74) is 0. The zero-order chi connectivity index (χ0) is 9.84. The van der Waals surface area contributed by atoms with E-state index in [4.69, 9.17) is 4.74 Å². The maximum Gasteiger partial charge on any atom is 0.311 e. The zero-order valence-corrected chi connectivity index (χ0v) is 7.33. The lowest BCUT2D eigenvalue weighted by molar-refractivity contribution is -0.153. The minimum absolute atomic E-state index is 0.207. The minimum Gasteiger partial charge on any atom is -0.466 e. The van der Waals surface area contributed by atoms with Gasteiger partial charge in [0.1, 0.15) is 6.10 Å². The summed E-state index contributed by atoms with van der Waals surface area (Å²) < 4.78 is 33.9. The molecule has 5 heteroatoms. The van der Waals surface area contributed by atoms with E-state index in [1.165, 1.54) is 0 Å². The van der Waals surface area contributed by atoms with Crippen LogP contribution in [0.2, 0.25) is 0 Å². The van der Waals surface area contributed by atoms with Gasteiger partial charge in [-0.15, -0.1) is 0 Å². The van der Waals surface area contributed by atoms with Gasteiger partial charge in [0.05, 0.1) is 12.5 Å². The number of ether oxygens (including phenoxy) is 2. The van der Waals surface area contributed by atoms with Crippen molar-refractivity contribution in [2.45, 2.75) is 25.9 Å². The van der Waals surface area contributed by atoms with E-state index in [1.807, 2.05) is 0 Å². The Bertz CT molecular complexity index is 184. The molecular weight excluding hydrogens is 182 g/mol. The fraction of sp³-hybridized carbons (Fsp3) is 0.875. The number of halogens is 2. The van der Waals surface area contributed by atoms with Crippen molar-refractivity contribution in [2.24, 2.45) is 5.92 Å². The lowest BCUT2D eigenvalue weighted by atomic mass is 10.0. The molecule has 1 fully saturated rings. The molecule has 0 radical (unpaired) electrons. The molecule has 0 aliphatic carbocycles. The molecule has 76 valence electrons. The summed E-state index contributed by atoms with van der Waals surface area (Å²) in [4.78, 5) is 11.1. The molecule has 1 heterocycles. The average molecular weight is 194 g/mol. The predicted octanol–water partition coefficient (Wildman–Crippen LogP) is 1.22. The highest BCUT2D eigenvalue weighted by atomic mass is 19.3. The first-order valence-electron chi connectivity index (χ1n) is 4.23. The normalized spacial score (nSPS) is 28.0. The van der Waals surface area contributed by atoms with Crippen LogP contribution < -0.4 is 0 Å². The molecule has 0 unspecified atom stereocenters. The van der Waals surface area contributed by atoms with Gasteiger partial charge in [0.15, 0.2) is 0 Å². The van der Waals surface area contributed by atoms with Gasteiger partial charge in [-0.1, -0.05) is 0 Å². The third kappa shape index (κ3) is 2.37. The first-order valence-corrected chi connectivity index (χ1v) is 4.23. The van der Waals surface area contributed by atoms with Crippen LogP contribution in [0.15, 0.2) is 0 Å². The van der Waals surface area contributed by atoms with Crippen molar-refractivity contribution in [3.8, 4) is 0 Å². The minimum atomic E-state index is -2.61. The molecular formula is C8H12F2O3. The van der Waals surface area contributed by atoms with Crippen molar-refractivity contribution in [3.05, 3.63) is 0 Å². The van der Waals surface area contributed by atoms with Gasteiger partial charge in [0, 0.05) is 6.61 Å². The predicted molar refractivity (Wildman–Crippen MR) is 40.5 cm³/mol. The smallest absolute Gasteiger partial charge is 0.311 e. The Morgan fingerprint density at radius 3 is 2.92 bits per heavy atom. The topological polar surface area (TPSA) is 35.5 Å². The molecule has 2 atom stereocenters. The first kappa shape index (κ1) is 10.4. The summed E-state index contributed by atoms with van der Waals surface area (Å²) in [6, 6.07) is 0. The molecule has 1 saturated heterocycles. The van der Waals surface area contributed by atoms with Crippen molar-refractivity contribution in [2.75, 3.05) is 13.2 Å². The van der Waals surface area contributed by atoms with E-state index in [0.29, 0.717) is 6.42 Å². The average Bonchev–Trinajstić information content (AvgIpc) is 2.52. The SMILES string of the molecule is CCOC(=O)[C@H]1CCO[C@@H]1C(F)F. The largest absolute Gasteiger partial charge is 0.466 e.